The van der Waals surface area contributed by atoms with Gasteiger partial charge in [0, 0.05) is 30.2 Å². The number of amides is 1. The van der Waals surface area contributed by atoms with Gasteiger partial charge < -0.3 is 15.4 Å². The van der Waals surface area contributed by atoms with E-state index in [1.54, 1.807) is 25.3 Å². The third kappa shape index (κ3) is 5.50. The molecule has 0 saturated carbocycles. The maximum Gasteiger partial charge on any atom is 0.238 e. The lowest BCUT2D eigenvalue weighted by Crippen LogP contribution is -2.48. The molecule has 27 heavy (non-hydrogen) atoms. The quantitative estimate of drug-likeness (QED) is 0.752. The zero-order valence-electron chi connectivity index (χ0n) is 14.9. The zero-order valence-corrected chi connectivity index (χ0v) is 17.2. The predicted molar refractivity (Wildman–Crippen MR) is 113 cm³/mol. The largest absolute Gasteiger partial charge is 0.496 e. The Morgan fingerprint density at radius 1 is 1.30 bits per heavy atom. The lowest BCUT2D eigenvalue weighted by atomic mass is 10.0. The van der Waals surface area contributed by atoms with Crippen LogP contribution in [0.5, 0.6) is 5.75 Å². The van der Waals surface area contributed by atoms with Crippen LogP contribution >= 0.6 is 35.6 Å². The number of anilines is 1. The van der Waals surface area contributed by atoms with Crippen molar-refractivity contribution >= 4 is 47.2 Å². The predicted octanol–water partition coefficient (Wildman–Crippen LogP) is 4.01. The molecule has 1 atom stereocenters. The summed E-state index contributed by atoms with van der Waals surface area (Å²) in [6.07, 6.45) is 0. The molecule has 1 aliphatic heterocycles. The van der Waals surface area contributed by atoms with E-state index in [0.717, 1.165) is 30.9 Å². The normalized spacial score (nSPS) is 17.1. The summed E-state index contributed by atoms with van der Waals surface area (Å²) in [5, 5.41) is 7.23. The van der Waals surface area contributed by atoms with Crippen molar-refractivity contribution in [3.63, 3.8) is 0 Å². The highest BCUT2D eigenvalue weighted by Crippen LogP contribution is 2.30. The zero-order chi connectivity index (χ0) is 18.5. The van der Waals surface area contributed by atoms with Crippen LogP contribution in [0.4, 0.5) is 5.69 Å². The van der Waals surface area contributed by atoms with E-state index in [2.05, 4.69) is 15.5 Å². The van der Waals surface area contributed by atoms with Crippen LogP contribution in [0.2, 0.25) is 10.0 Å². The van der Waals surface area contributed by atoms with E-state index < -0.39 is 0 Å². The maximum atomic E-state index is 12.6. The van der Waals surface area contributed by atoms with Crippen LogP contribution in [0.3, 0.4) is 0 Å². The van der Waals surface area contributed by atoms with E-state index in [0.29, 0.717) is 15.7 Å². The second-order valence-electron chi connectivity index (χ2n) is 6.10. The lowest BCUT2D eigenvalue weighted by molar-refractivity contribution is -0.118. The molecular weight excluding hydrogens is 409 g/mol. The van der Waals surface area contributed by atoms with Crippen molar-refractivity contribution in [1.29, 1.82) is 0 Å². The number of nitrogens with zero attached hydrogens (tertiary/aromatic N) is 1. The van der Waals surface area contributed by atoms with E-state index in [1.807, 2.05) is 24.3 Å². The molecule has 0 aliphatic carbocycles. The minimum Gasteiger partial charge on any atom is -0.496 e. The third-order valence-electron chi connectivity index (χ3n) is 4.40. The van der Waals surface area contributed by atoms with Gasteiger partial charge in [-0.05, 0) is 24.3 Å². The van der Waals surface area contributed by atoms with Crippen molar-refractivity contribution in [2.75, 3.05) is 38.6 Å². The van der Waals surface area contributed by atoms with E-state index in [1.165, 1.54) is 0 Å². The summed E-state index contributed by atoms with van der Waals surface area (Å²) >= 11 is 12.1. The fraction of sp³-hybridized carbons (Fsp3) is 0.316. The van der Waals surface area contributed by atoms with Gasteiger partial charge in [-0.25, -0.2) is 0 Å². The van der Waals surface area contributed by atoms with E-state index in [9.17, 15) is 4.79 Å². The van der Waals surface area contributed by atoms with Gasteiger partial charge in [0.1, 0.15) is 5.75 Å². The minimum atomic E-state index is -0.129. The summed E-state index contributed by atoms with van der Waals surface area (Å²) in [5.41, 5.74) is 1.59. The Balaban J connectivity index is 0.00000261. The molecule has 1 saturated heterocycles. The molecule has 0 spiro atoms. The molecule has 5 nitrogen and oxygen atoms in total. The smallest absolute Gasteiger partial charge is 0.238 e. The summed E-state index contributed by atoms with van der Waals surface area (Å²) in [5.74, 6) is 0.695. The summed E-state index contributed by atoms with van der Waals surface area (Å²) in [6, 6.07) is 13.0. The number of carbonyl (C=O) groups excluding carboxylic acids is 1. The van der Waals surface area contributed by atoms with Crippen LogP contribution in [0, 0.1) is 0 Å². The van der Waals surface area contributed by atoms with Crippen LogP contribution < -0.4 is 15.4 Å². The summed E-state index contributed by atoms with van der Waals surface area (Å²) < 4.78 is 5.49. The Morgan fingerprint density at radius 3 is 2.85 bits per heavy atom. The van der Waals surface area contributed by atoms with Crippen molar-refractivity contribution in [3.8, 4) is 5.75 Å². The number of benzene rings is 2. The van der Waals surface area contributed by atoms with E-state index in [4.69, 9.17) is 27.9 Å². The summed E-state index contributed by atoms with van der Waals surface area (Å²) in [6.45, 7) is 2.61. The Kier molecular flexibility index (Phi) is 8.20. The molecule has 3 rings (SSSR count). The molecule has 1 heterocycles. The highest BCUT2D eigenvalue weighted by molar-refractivity contribution is 6.35. The molecule has 0 radical (unpaired) electrons. The molecule has 0 aromatic heterocycles. The lowest BCUT2D eigenvalue weighted by Gasteiger charge is -2.36. The first-order valence-corrected chi connectivity index (χ1v) is 9.16. The second-order valence-corrected chi connectivity index (χ2v) is 6.95. The Hall–Kier alpha value is -1.50. The van der Waals surface area contributed by atoms with Gasteiger partial charge in [0.2, 0.25) is 5.91 Å². The minimum absolute atomic E-state index is 0. The number of para-hydroxylation sites is 1. The van der Waals surface area contributed by atoms with Gasteiger partial charge in [-0.1, -0.05) is 41.4 Å². The van der Waals surface area contributed by atoms with Gasteiger partial charge in [0.25, 0.3) is 0 Å². The van der Waals surface area contributed by atoms with Crippen LogP contribution in [-0.4, -0.2) is 44.1 Å². The third-order valence-corrected chi connectivity index (χ3v) is 4.97. The molecule has 146 valence electrons. The van der Waals surface area contributed by atoms with Gasteiger partial charge in [-0.2, -0.15) is 0 Å². The van der Waals surface area contributed by atoms with Crippen molar-refractivity contribution in [2.24, 2.45) is 0 Å². The first kappa shape index (κ1) is 21.8. The SMILES string of the molecule is COc1ccccc1C1CNCCN1CC(=O)Nc1cc(Cl)ccc1Cl.Cl. The average molecular weight is 431 g/mol. The number of rotatable bonds is 5. The van der Waals surface area contributed by atoms with Crippen LogP contribution in [0.1, 0.15) is 11.6 Å². The summed E-state index contributed by atoms with van der Waals surface area (Å²) in [7, 11) is 1.66. The number of halogens is 3. The molecular formula is C19H22Cl3N3O2. The van der Waals surface area contributed by atoms with Crippen LogP contribution in [0.25, 0.3) is 0 Å². The van der Waals surface area contributed by atoms with Gasteiger partial charge in [-0.15, -0.1) is 12.4 Å². The fourth-order valence-corrected chi connectivity index (χ4v) is 3.49. The van der Waals surface area contributed by atoms with Crippen molar-refractivity contribution in [3.05, 3.63) is 58.1 Å². The molecule has 8 heteroatoms. The Bertz CT molecular complexity index is 789. The monoisotopic (exact) mass is 429 g/mol. The topological polar surface area (TPSA) is 53.6 Å². The first-order chi connectivity index (χ1) is 12.6. The molecule has 2 aromatic carbocycles. The molecule has 1 unspecified atom stereocenters. The number of hydrogen-bond acceptors (Lipinski definition) is 4. The average Bonchev–Trinajstić information content (AvgIpc) is 2.65. The number of ether oxygens (including phenoxy) is 1. The highest BCUT2D eigenvalue weighted by Gasteiger charge is 2.27. The maximum absolute atomic E-state index is 12.6. The Labute approximate surface area is 175 Å². The second kappa shape index (κ2) is 10.2. The molecule has 0 bridgehead atoms. The van der Waals surface area contributed by atoms with Crippen LogP contribution in [-0.2, 0) is 4.79 Å². The number of hydrogen-bond donors (Lipinski definition) is 2. The van der Waals surface area contributed by atoms with Crippen molar-refractivity contribution < 1.29 is 9.53 Å². The van der Waals surface area contributed by atoms with Gasteiger partial charge in [-0.3, -0.25) is 9.69 Å². The van der Waals surface area contributed by atoms with E-state index in [-0.39, 0.29) is 30.9 Å². The standard InChI is InChI=1S/C19H21Cl2N3O2.ClH/c1-26-18-5-3-2-4-14(18)17-11-22-8-9-24(17)12-19(25)23-16-10-13(20)6-7-15(16)21;/h2-7,10,17,22H,8-9,11-12H2,1H3,(H,23,25);1H. The molecule has 1 aliphatic rings. The Morgan fingerprint density at radius 2 is 2.07 bits per heavy atom. The van der Waals surface area contributed by atoms with Gasteiger partial charge in [0.15, 0.2) is 0 Å². The van der Waals surface area contributed by atoms with Crippen molar-refractivity contribution in [2.45, 2.75) is 6.04 Å². The van der Waals surface area contributed by atoms with Gasteiger partial charge in [0.05, 0.1) is 30.4 Å². The van der Waals surface area contributed by atoms with E-state index >= 15 is 0 Å². The summed E-state index contributed by atoms with van der Waals surface area (Å²) in [4.78, 5) is 14.7. The molecule has 1 amide bonds. The first-order valence-electron chi connectivity index (χ1n) is 8.41. The number of nitrogens with one attached hydrogen (secondary N) is 2. The van der Waals surface area contributed by atoms with Gasteiger partial charge >= 0.3 is 0 Å². The number of methoxy groups -OCH3 is 1. The highest BCUT2D eigenvalue weighted by atomic mass is 35.5. The van der Waals surface area contributed by atoms with Crippen molar-refractivity contribution in [1.82, 2.24) is 10.2 Å². The molecule has 2 N–H and O–H groups in total. The van der Waals surface area contributed by atoms with Crippen LogP contribution in [0.15, 0.2) is 42.5 Å². The molecule has 1 fully saturated rings. The number of carbonyl (C=O) groups is 1. The molecule has 2 aromatic rings. The fourth-order valence-electron chi connectivity index (χ4n) is 3.15. The number of piperazine rings is 1.